The summed E-state index contributed by atoms with van der Waals surface area (Å²) in [5.74, 6) is -5.29. The molecule has 108 valence electrons. The predicted molar refractivity (Wildman–Crippen MR) is 66.1 cm³/mol. The van der Waals surface area contributed by atoms with Crippen molar-refractivity contribution in [3.8, 4) is 0 Å². The number of nitrogens with zero attached hydrogens (tertiary/aromatic N) is 3. The second-order valence-electron chi connectivity index (χ2n) is 5.38. The molecular formula is C12H15N3O5. The van der Waals surface area contributed by atoms with E-state index in [1.54, 1.807) is 0 Å². The van der Waals surface area contributed by atoms with E-state index in [2.05, 4.69) is 5.29 Å². The standard InChI is InChI=1S/C12H15N3O5/c16-11(17)10(12(18,19)15(11)13-20)7-14(8-10)6-9-4-2-1-3-5-9/h1-5,16-19H,6-8H2. The Morgan fingerprint density at radius 1 is 1.05 bits per heavy atom. The van der Waals surface area contributed by atoms with Gasteiger partial charge in [0.2, 0.25) is 0 Å². The molecule has 2 fully saturated rings. The van der Waals surface area contributed by atoms with Crippen LogP contribution in [0.25, 0.3) is 0 Å². The summed E-state index contributed by atoms with van der Waals surface area (Å²) in [4.78, 5) is 12.3. The van der Waals surface area contributed by atoms with Gasteiger partial charge < -0.3 is 20.4 Å². The fourth-order valence-electron chi connectivity index (χ4n) is 3.00. The molecule has 0 bridgehead atoms. The van der Waals surface area contributed by atoms with E-state index in [4.69, 9.17) is 0 Å². The van der Waals surface area contributed by atoms with Gasteiger partial charge in [0.15, 0.2) is 0 Å². The van der Waals surface area contributed by atoms with Crippen LogP contribution in [0.5, 0.6) is 0 Å². The van der Waals surface area contributed by atoms with Crippen LogP contribution in [0.3, 0.4) is 0 Å². The van der Waals surface area contributed by atoms with E-state index in [1.165, 1.54) is 0 Å². The van der Waals surface area contributed by atoms with Crippen molar-refractivity contribution in [3.05, 3.63) is 40.8 Å². The van der Waals surface area contributed by atoms with Crippen molar-refractivity contribution in [2.45, 2.75) is 18.4 Å². The SMILES string of the molecule is O=NN1C(O)(O)C2(CN(Cc3ccccc3)C2)C1(O)O. The summed E-state index contributed by atoms with van der Waals surface area (Å²) in [5.41, 5.74) is -0.585. The lowest BCUT2D eigenvalue weighted by Gasteiger charge is -2.69. The van der Waals surface area contributed by atoms with Gasteiger partial charge in [-0.15, -0.1) is 9.92 Å². The van der Waals surface area contributed by atoms with Gasteiger partial charge in [-0.2, -0.15) is 0 Å². The van der Waals surface area contributed by atoms with E-state index in [0.29, 0.717) is 6.54 Å². The number of likely N-dealkylation sites (tertiary alicyclic amines) is 1. The van der Waals surface area contributed by atoms with Gasteiger partial charge in [-0.3, -0.25) is 4.90 Å². The number of aliphatic hydroxyl groups is 4. The van der Waals surface area contributed by atoms with Crippen LogP contribution in [0.15, 0.2) is 35.6 Å². The van der Waals surface area contributed by atoms with Gasteiger partial charge in [0.25, 0.3) is 11.8 Å². The second kappa shape index (κ2) is 3.96. The lowest BCUT2D eigenvalue weighted by molar-refractivity contribution is -0.579. The molecule has 20 heavy (non-hydrogen) atoms. The smallest absolute Gasteiger partial charge is 0.285 e. The van der Waals surface area contributed by atoms with Gasteiger partial charge in [0, 0.05) is 19.6 Å². The minimum atomic E-state index is -2.65. The van der Waals surface area contributed by atoms with Crippen molar-refractivity contribution in [1.29, 1.82) is 0 Å². The summed E-state index contributed by atoms with van der Waals surface area (Å²) in [6.07, 6.45) is 0. The largest absolute Gasteiger partial charge is 0.347 e. The zero-order chi connectivity index (χ0) is 14.6. The molecule has 1 aromatic carbocycles. The number of nitroso groups, excluding NO2 is 1. The highest BCUT2D eigenvalue weighted by Gasteiger charge is 2.84. The molecular weight excluding hydrogens is 266 g/mol. The number of hydrogen-bond donors (Lipinski definition) is 4. The monoisotopic (exact) mass is 281 g/mol. The lowest BCUT2D eigenvalue weighted by Crippen LogP contribution is -2.93. The summed E-state index contributed by atoms with van der Waals surface area (Å²) in [5, 5.41) is 41.4. The highest BCUT2D eigenvalue weighted by atomic mass is 16.6. The van der Waals surface area contributed by atoms with Crippen LogP contribution in [0.2, 0.25) is 0 Å². The molecule has 0 radical (unpaired) electrons. The maximum absolute atomic E-state index is 10.4. The Balaban J connectivity index is 1.71. The van der Waals surface area contributed by atoms with Gasteiger partial charge in [-0.1, -0.05) is 30.3 Å². The zero-order valence-corrected chi connectivity index (χ0v) is 10.5. The summed E-state index contributed by atoms with van der Waals surface area (Å²) in [7, 11) is 0. The molecule has 2 aliphatic rings. The second-order valence-corrected chi connectivity index (χ2v) is 5.38. The van der Waals surface area contributed by atoms with Crippen LogP contribution in [0.1, 0.15) is 5.56 Å². The molecule has 0 atom stereocenters. The maximum atomic E-state index is 10.4. The molecule has 8 heteroatoms. The van der Waals surface area contributed by atoms with Crippen molar-refractivity contribution >= 4 is 0 Å². The van der Waals surface area contributed by atoms with Crippen molar-refractivity contribution in [3.63, 3.8) is 0 Å². The Bertz CT molecular complexity index is 509. The highest BCUT2D eigenvalue weighted by Crippen LogP contribution is 2.59. The molecule has 0 aliphatic carbocycles. The molecule has 0 unspecified atom stereocenters. The van der Waals surface area contributed by atoms with Crippen molar-refractivity contribution in [2.75, 3.05) is 13.1 Å². The van der Waals surface area contributed by atoms with Crippen LogP contribution in [0.4, 0.5) is 0 Å². The summed E-state index contributed by atoms with van der Waals surface area (Å²) < 4.78 is 0. The van der Waals surface area contributed by atoms with Crippen LogP contribution in [-0.4, -0.2) is 55.2 Å². The highest BCUT2D eigenvalue weighted by molar-refractivity contribution is 5.20. The predicted octanol–water partition coefficient (Wildman–Crippen LogP) is -1.24. The van der Waals surface area contributed by atoms with Crippen molar-refractivity contribution in [1.82, 2.24) is 9.91 Å². The van der Waals surface area contributed by atoms with E-state index >= 15 is 0 Å². The third-order valence-electron chi connectivity index (χ3n) is 4.19. The topological polar surface area (TPSA) is 117 Å². The Morgan fingerprint density at radius 3 is 2.10 bits per heavy atom. The average Bonchev–Trinajstić information content (AvgIpc) is 2.33. The molecule has 8 nitrogen and oxygen atoms in total. The van der Waals surface area contributed by atoms with Gasteiger partial charge in [0.05, 0.1) is 5.29 Å². The first-order valence-corrected chi connectivity index (χ1v) is 6.14. The zero-order valence-electron chi connectivity index (χ0n) is 10.5. The molecule has 2 saturated heterocycles. The fraction of sp³-hybridized carbons (Fsp3) is 0.500. The summed E-state index contributed by atoms with van der Waals surface area (Å²) in [6, 6.07) is 9.50. The molecule has 1 spiro atoms. The van der Waals surface area contributed by atoms with Gasteiger partial charge in [-0.25, -0.2) is 0 Å². The molecule has 0 amide bonds. The van der Waals surface area contributed by atoms with Crippen LogP contribution >= 0.6 is 0 Å². The summed E-state index contributed by atoms with van der Waals surface area (Å²) in [6.45, 7) is 0.616. The van der Waals surface area contributed by atoms with Crippen LogP contribution in [0, 0.1) is 10.3 Å². The molecule has 1 aromatic rings. The summed E-state index contributed by atoms with van der Waals surface area (Å²) >= 11 is 0. The third kappa shape index (κ3) is 1.42. The van der Waals surface area contributed by atoms with Crippen LogP contribution in [-0.2, 0) is 6.54 Å². The first-order valence-electron chi connectivity index (χ1n) is 6.14. The number of rotatable bonds is 3. The maximum Gasteiger partial charge on any atom is 0.285 e. The Hall–Kier alpha value is -1.58. The van der Waals surface area contributed by atoms with E-state index in [-0.39, 0.29) is 18.1 Å². The quantitative estimate of drug-likeness (QED) is 0.404. The number of hydrogen-bond acceptors (Lipinski definition) is 7. The van der Waals surface area contributed by atoms with E-state index in [1.807, 2.05) is 35.2 Å². The van der Waals surface area contributed by atoms with Gasteiger partial charge >= 0.3 is 0 Å². The first kappa shape index (κ1) is 13.4. The minimum absolute atomic E-state index is 0.0356. The number of benzene rings is 1. The molecule has 0 aromatic heterocycles. The lowest BCUT2D eigenvalue weighted by atomic mass is 9.65. The van der Waals surface area contributed by atoms with Crippen molar-refractivity contribution < 1.29 is 20.4 Å². The van der Waals surface area contributed by atoms with Gasteiger partial charge in [-0.05, 0) is 5.56 Å². The normalized spacial score (nSPS) is 25.9. The fourth-order valence-corrected chi connectivity index (χ4v) is 3.00. The molecule has 0 saturated carbocycles. The molecule has 2 aliphatic heterocycles. The van der Waals surface area contributed by atoms with E-state index < -0.39 is 17.2 Å². The van der Waals surface area contributed by atoms with Crippen molar-refractivity contribution in [2.24, 2.45) is 10.7 Å². The Morgan fingerprint density at radius 2 is 1.60 bits per heavy atom. The minimum Gasteiger partial charge on any atom is -0.347 e. The molecule has 2 heterocycles. The van der Waals surface area contributed by atoms with Gasteiger partial charge in [0.1, 0.15) is 5.41 Å². The molecule has 3 rings (SSSR count). The Labute approximate surface area is 114 Å². The van der Waals surface area contributed by atoms with E-state index in [0.717, 1.165) is 5.56 Å². The van der Waals surface area contributed by atoms with Crippen LogP contribution < -0.4 is 0 Å². The third-order valence-corrected chi connectivity index (χ3v) is 4.19. The Kier molecular flexibility index (Phi) is 2.66. The van der Waals surface area contributed by atoms with E-state index in [9.17, 15) is 25.3 Å². The molecule has 4 N–H and O–H groups in total. The average molecular weight is 281 g/mol. The first-order chi connectivity index (χ1) is 9.35.